The quantitative estimate of drug-likeness (QED) is 0.486. The van der Waals surface area contributed by atoms with Crippen LogP contribution in [0.2, 0.25) is 0 Å². The fourth-order valence-corrected chi connectivity index (χ4v) is 7.95. The molecule has 3 aliphatic heterocycles. The Morgan fingerprint density at radius 2 is 1.66 bits per heavy atom. The Morgan fingerprint density at radius 1 is 0.971 bits per heavy atom. The monoisotopic (exact) mass is 548 g/mol. The fraction of sp³-hybridized carbons (Fsp3) is 0.381. The predicted octanol–water partition coefficient (Wildman–Crippen LogP) is 2.60. The number of aryl methyl sites for hydroxylation is 1. The Bertz CT molecular complexity index is 1540. The summed E-state index contributed by atoms with van der Waals surface area (Å²) in [6, 6.07) is 3.93. The third-order valence-electron chi connectivity index (χ3n) is 5.69. The first-order valence-corrected chi connectivity index (χ1v) is 14.4. The van der Waals surface area contributed by atoms with Gasteiger partial charge in [-0.05, 0) is 29.5 Å². The largest absolute Gasteiger partial charge is 0.454 e. The molecule has 35 heavy (non-hydrogen) atoms. The van der Waals surface area contributed by atoms with Crippen molar-refractivity contribution in [2.75, 3.05) is 31.4 Å². The van der Waals surface area contributed by atoms with Gasteiger partial charge >= 0.3 is 5.69 Å². The highest BCUT2D eigenvalue weighted by Crippen LogP contribution is 2.41. The first-order valence-electron chi connectivity index (χ1n) is 10.8. The van der Waals surface area contributed by atoms with Crippen LogP contribution < -0.4 is 20.7 Å². The number of rotatable bonds is 4. The van der Waals surface area contributed by atoms with Gasteiger partial charge in [0.2, 0.25) is 6.79 Å². The van der Waals surface area contributed by atoms with Gasteiger partial charge in [0.15, 0.2) is 27.8 Å². The highest BCUT2D eigenvalue weighted by Gasteiger charge is 2.25. The van der Waals surface area contributed by atoms with Gasteiger partial charge in [-0.15, -0.1) is 0 Å². The van der Waals surface area contributed by atoms with E-state index in [-0.39, 0.29) is 12.4 Å². The SMILES string of the molecule is Cn1c(=O)c2c(nc(SC3=NCCS3)n2Cc2cc3c(cc2SC2=NCCS2)OCO3)n(C)c1=O. The number of hydrogen-bond donors (Lipinski definition) is 0. The van der Waals surface area contributed by atoms with Crippen molar-refractivity contribution >= 4 is 67.0 Å². The summed E-state index contributed by atoms with van der Waals surface area (Å²) in [5.41, 5.74) is 0.894. The van der Waals surface area contributed by atoms with Crippen LogP contribution in [-0.2, 0) is 20.6 Å². The Hall–Kier alpha value is -2.29. The van der Waals surface area contributed by atoms with Gasteiger partial charge in [0.05, 0.1) is 19.6 Å². The summed E-state index contributed by atoms with van der Waals surface area (Å²) in [5, 5.41) is 0.618. The molecule has 0 saturated heterocycles. The van der Waals surface area contributed by atoms with Crippen molar-refractivity contribution in [3.05, 3.63) is 38.5 Å². The molecular formula is C21H20N6O4S4. The Morgan fingerprint density at radius 3 is 2.34 bits per heavy atom. The molecule has 3 aliphatic rings. The highest BCUT2D eigenvalue weighted by atomic mass is 32.2. The van der Waals surface area contributed by atoms with Crippen LogP contribution >= 0.6 is 47.0 Å². The third-order valence-corrected chi connectivity index (χ3v) is 10.1. The van der Waals surface area contributed by atoms with Crippen molar-refractivity contribution in [2.45, 2.75) is 16.6 Å². The van der Waals surface area contributed by atoms with Crippen molar-refractivity contribution in [1.82, 2.24) is 18.7 Å². The zero-order valence-electron chi connectivity index (χ0n) is 18.8. The summed E-state index contributed by atoms with van der Waals surface area (Å²) >= 11 is 6.42. The Labute approximate surface area is 216 Å². The number of aliphatic imine (C=N–C) groups is 2. The summed E-state index contributed by atoms with van der Waals surface area (Å²) in [7, 11) is 3.12. The van der Waals surface area contributed by atoms with E-state index < -0.39 is 5.69 Å². The second kappa shape index (κ2) is 9.30. The molecular weight excluding hydrogens is 529 g/mol. The fourth-order valence-electron chi connectivity index (χ4n) is 3.93. The minimum atomic E-state index is -0.410. The molecule has 0 N–H and O–H groups in total. The van der Waals surface area contributed by atoms with E-state index in [1.54, 1.807) is 42.3 Å². The average molecular weight is 549 g/mol. The van der Waals surface area contributed by atoms with E-state index in [9.17, 15) is 9.59 Å². The van der Waals surface area contributed by atoms with Crippen LogP contribution in [0, 0.1) is 0 Å². The number of benzene rings is 1. The van der Waals surface area contributed by atoms with Crippen molar-refractivity contribution in [3.63, 3.8) is 0 Å². The van der Waals surface area contributed by atoms with Gasteiger partial charge in [-0.25, -0.2) is 9.78 Å². The standard InChI is InChI=1S/C21H20N6O4S4/c1-25-16-15(17(28)26(2)21(25)29)27(18(24-16)35-20-23-4-6-33-20)9-11-7-12-13(31-10-30-12)8-14(11)34-19-22-3-5-32-19/h7-8H,3-6,9-10H2,1-2H3. The molecule has 0 fully saturated rings. The van der Waals surface area contributed by atoms with Gasteiger partial charge in [-0.3, -0.25) is 23.9 Å². The number of aromatic nitrogens is 4. The molecule has 2 aromatic heterocycles. The van der Waals surface area contributed by atoms with Crippen molar-refractivity contribution in [3.8, 4) is 11.5 Å². The normalized spacial score (nSPS) is 16.9. The maximum absolute atomic E-state index is 13.3. The van der Waals surface area contributed by atoms with Gasteiger partial charge in [0, 0.05) is 30.5 Å². The highest BCUT2D eigenvalue weighted by molar-refractivity contribution is 8.39. The minimum absolute atomic E-state index is 0.174. The van der Waals surface area contributed by atoms with Crippen LogP contribution in [-0.4, -0.2) is 58.8 Å². The number of hydrogen-bond acceptors (Lipinski definition) is 11. The zero-order valence-corrected chi connectivity index (χ0v) is 22.1. The maximum atomic E-state index is 13.3. The van der Waals surface area contributed by atoms with E-state index in [0.29, 0.717) is 34.4 Å². The molecule has 182 valence electrons. The molecule has 0 spiro atoms. The Kier molecular flexibility index (Phi) is 6.15. The second-order valence-corrected chi connectivity index (χ2v) is 12.5. The molecule has 3 aromatic rings. The van der Waals surface area contributed by atoms with E-state index in [1.165, 1.54) is 23.4 Å². The predicted molar refractivity (Wildman–Crippen MR) is 143 cm³/mol. The van der Waals surface area contributed by atoms with Gasteiger partial charge in [0.25, 0.3) is 5.56 Å². The first-order chi connectivity index (χ1) is 17.0. The first kappa shape index (κ1) is 23.1. The maximum Gasteiger partial charge on any atom is 0.332 e. The van der Waals surface area contributed by atoms with Crippen LogP contribution in [0.4, 0.5) is 0 Å². The third kappa shape index (κ3) is 4.19. The molecule has 0 radical (unpaired) electrons. The number of thioether (sulfide) groups is 4. The van der Waals surface area contributed by atoms with E-state index in [1.807, 2.05) is 16.7 Å². The second-order valence-electron chi connectivity index (χ2n) is 7.87. The number of fused-ring (bicyclic) bond motifs is 2. The van der Waals surface area contributed by atoms with E-state index >= 15 is 0 Å². The summed E-state index contributed by atoms with van der Waals surface area (Å²) < 4.78 is 17.6. The molecule has 5 heterocycles. The molecule has 6 rings (SSSR count). The zero-order chi connectivity index (χ0) is 24.1. The molecule has 0 atom stereocenters. The lowest BCUT2D eigenvalue weighted by Crippen LogP contribution is -2.37. The van der Waals surface area contributed by atoms with Crippen molar-refractivity contribution < 1.29 is 9.47 Å². The van der Waals surface area contributed by atoms with Crippen LogP contribution in [0.25, 0.3) is 11.2 Å². The number of nitrogens with zero attached hydrogens (tertiary/aromatic N) is 6. The summed E-state index contributed by atoms with van der Waals surface area (Å²) in [4.78, 5) is 40.7. The van der Waals surface area contributed by atoms with Gasteiger partial charge in [0.1, 0.15) is 8.75 Å². The molecule has 1 aromatic carbocycles. The minimum Gasteiger partial charge on any atom is -0.454 e. The van der Waals surface area contributed by atoms with Gasteiger partial charge in [-0.2, -0.15) is 0 Å². The van der Waals surface area contributed by atoms with Crippen LogP contribution in [0.5, 0.6) is 11.5 Å². The average Bonchev–Trinajstić information content (AvgIpc) is 3.65. The topological polar surface area (TPSA) is 105 Å². The molecule has 14 heteroatoms. The lowest BCUT2D eigenvalue weighted by atomic mass is 10.2. The summed E-state index contributed by atoms with van der Waals surface area (Å²) in [6.07, 6.45) is 0. The summed E-state index contributed by atoms with van der Waals surface area (Å²) in [5.74, 6) is 3.25. The number of imidazole rings is 1. The van der Waals surface area contributed by atoms with Crippen LogP contribution in [0.1, 0.15) is 5.56 Å². The van der Waals surface area contributed by atoms with Gasteiger partial charge in [-0.1, -0.05) is 35.3 Å². The van der Waals surface area contributed by atoms with E-state index in [2.05, 4.69) is 9.98 Å². The number of ether oxygens (including phenoxy) is 2. The van der Waals surface area contributed by atoms with E-state index in [0.717, 1.165) is 48.4 Å². The molecule has 0 amide bonds. The molecule has 0 aliphatic carbocycles. The van der Waals surface area contributed by atoms with Gasteiger partial charge < -0.3 is 14.0 Å². The smallest absolute Gasteiger partial charge is 0.332 e. The molecule has 0 saturated carbocycles. The Balaban J connectivity index is 1.52. The molecule has 0 unspecified atom stereocenters. The molecule has 10 nitrogen and oxygen atoms in total. The summed E-state index contributed by atoms with van der Waals surface area (Å²) in [6.45, 7) is 2.11. The lowest BCUT2D eigenvalue weighted by molar-refractivity contribution is 0.174. The lowest BCUT2D eigenvalue weighted by Gasteiger charge is -2.14. The van der Waals surface area contributed by atoms with Crippen molar-refractivity contribution in [2.24, 2.45) is 24.1 Å². The molecule has 0 bridgehead atoms. The van der Waals surface area contributed by atoms with Crippen molar-refractivity contribution in [1.29, 1.82) is 0 Å². The van der Waals surface area contributed by atoms with E-state index in [4.69, 9.17) is 14.5 Å². The van der Waals surface area contributed by atoms with Crippen LogP contribution in [0.15, 0.2) is 41.8 Å². The van der Waals surface area contributed by atoms with Crippen LogP contribution in [0.3, 0.4) is 0 Å².